The van der Waals surface area contributed by atoms with Gasteiger partial charge in [-0.2, -0.15) is 0 Å². The van der Waals surface area contributed by atoms with Crippen molar-refractivity contribution in [2.45, 2.75) is 0 Å². The van der Waals surface area contributed by atoms with Gasteiger partial charge in [-0.15, -0.1) is 10.2 Å². The maximum absolute atomic E-state index is 5.40. The van der Waals surface area contributed by atoms with Crippen LogP contribution in [0.4, 0.5) is 5.95 Å². The number of anilines is 1. The second kappa shape index (κ2) is 6.51. The summed E-state index contributed by atoms with van der Waals surface area (Å²) in [6.45, 7) is 0. The molecule has 3 rings (SSSR count). The number of halogens is 2. The lowest BCUT2D eigenvalue weighted by Gasteiger charge is -2.09. The van der Waals surface area contributed by atoms with Crippen LogP contribution in [0.1, 0.15) is 0 Å². The zero-order valence-corrected chi connectivity index (χ0v) is 14.5. The van der Waals surface area contributed by atoms with E-state index in [1.165, 1.54) is 0 Å². The predicted octanol–water partition coefficient (Wildman–Crippen LogP) is 4.02. The number of hydrogen-bond acceptors (Lipinski definition) is 5. The Bertz CT molecular complexity index is 788. The Morgan fingerprint density at radius 1 is 0.727 bits per heavy atom. The highest BCUT2D eigenvalue weighted by molar-refractivity contribution is 9.10. The van der Waals surface area contributed by atoms with Gasteiger partial charge in [0, 0.05) is 20.1 Å². The molecule has 0 radical (unpaired) electrons. The highest BCUT2D eigenvalue weighted by Crippen LogP contribution is 2.30. The zero-order chi connectivity index (χ0) is 15.5. The molecule has 0 aliphatic rings. The number of nitrogen functional groups attached to an aromatic ring is 1. The number of hydrogen-bond donors (Lipinski definition) is 2. The maximum atomic E-state index is 5.40. The van der Waals surface area contributed by atoms with Crippen LogP contribution in [0.5, 0.6) is 0 Å². The third kappa shape index (κ3) is 3.16. The molecule has 0 aliphatic carbocycles. The Kier molecular flexibility index (Phi) is 4.47. The lowest BCUT2D eigenvalue weighted by Crippen LogP contribution is -2.12. The molecule has 3 aromatic rings. The van der Waals surface area contributed by atoms with Crippen molar-refractivity contribution in [3.05, 3.63) is 57.5 Å². The van der Waals surface area contributed by atoms with Crippen LogP contribution in [0.2, 0.25) is 0 Å². The SMILES string of the molecule is NNc1nnc(-c2ccc(Br)cc2)c(-c2ccc(Br)cc2)n1. The number of nitrogens with zero attached hydrogens (tertiary/aromatic N) is 3. The summed E-state index contributed by atoms with van der Waals surface area (Å²) in [6, 6.07) is 15.7. The highest BCUT2D eigenvalue weighted by atomic mass is 79.9. The summed E-state index contributed by atoms with van der Waals surface area (Å²) in [5.41, 5.74) is 5.73. The molecular weight excluding hydrogens is 410 g/mol. The lowest BCUT2D eigenvalue weighted by molar-refractivity contribution is 0.972. The van der Waals surface area contributed by atoms with Gasteiger partial charge in [0.25, 0.3) is 5.95 Å². The second-order valence-corrected chi connectivity index (χ2v) is 6.32. The van der Waals surface area contributed by atoms with E-state index in [-0.39, 0.29) is 5.95 Å². The van der Waals surface area contributed by atoms with Gasteiger partial charge < -0.3 is 0 Å². The molecule has 0 unspecified atom stereocenters. The number of nitrogens with two attached hydrogens (primary N) is 1. The van der Waals surface area contributed by atoms with Gasteiger partial charge in [0.2, 0.25) is 0 Å². The van der Waals surface area contributed by atoms with Crippen molar-refractivity contribution in [2.75, 3.05) is 5.43 Å². The topological polar surface area (TPSA) is 76.7 Å². The first kappa shape index (κ1) is 15.1. The quantitative estimate of drug-likeness (QED) is 0.494. The summed E-state index contributed by atoms with van der Waals surface area (Å²) >= 11 is 6.86. The first-order chi connectivity index (χ1) is 10.7. The largest absolute Gasteiger partial charge is 0.291 e. The number of aromatic nitrogens is 3. The summed E-state index contributed by atoms with van der Waals surface area (Å²) in [6.07, 6.45) is 0. The van der Waals surface area contributed by atoms with E-state index in [1.807, 2.05) is 48.5 Å². The van der Waals surface area contributed by atoms with Crippen molar-refractivity contribution in [1.29, 1.82) is 0 Å². The average molecular weight is 421 g/mol. The normalized spacial score (nSPS) is 10.5. The van der Waals surface area contributed by atoms with Crippen LogP contribution in [0.15, 0.2) is 57.5 Å². The van der Waals surface area contributed by atoms with Gasteiger partial charge in [0.1, 0.15) is 11.4 Å². The third-order valence-electron chi connectivity index (χ3n) is 3.05. The van der Waals surface area contributed by atoms with Crippen molar-refractivity contribution in [3.63, 3.8) is 0 Å². The van der Waals surface area contributed by atoms with Crippen LogP contribution in [0.25, 0.3) is 22.5 Å². The fraction of sp³-hybridized carbons (Fsp3) is 0. The molecule has 0 amide bonds. The molecule has 0 aliphatic heterocycles. The highest BCUT2D eigenvalue weighted by Gasteiger charge is 2.13. The minimum Gasteiger partial charge on any atom is -0.291 e. The van der Waals surface area contributed by atoms with E-state index >= 15 is 0 Å². The molecule has 110 valence electrons. The Balaban J connectivity index is 2.17. The standard InChI is InChI=1S/C15H11Br2N5/c16-11-5-1-9(2-6-11)13-14(21-22-15(19-13)20-18)10-3-7-12(17)8-4-10/h1-8H,18H2,(H,19,20,22). The minimum absolute atomic E-state index is 0.277. The molecule has 1 heterocycles. The van der Waals surface area contributed by atoms with E-state index in [2.05, 4.69) is 52.5 Å². The molecule has 0 saturated heterocycles. The molecule has 2 aromatic carbocycles. The molecule has 0 spiro atoms. The van der Waals surface area contributed by atoms with Crippen LogP contribution >= 0.6 is 31.9 Å². The van der Waals surface area contributed by atoms with Gasteiger partial charge in [-0.25, -0.2) is 10.8 Å². The Morgan fingerprint density at radius 3 is 1.73 bits per heavy atom. The van der Waals surface area contributed by atoms with Gasteiger partial charge in [0.15, 0.2) is 0 Å². The molecule has 7 heteroatoms. The molecule has 22 heavy (non-hydrogen) atoms. The van der Waals surface area contributed by atoms with E-state index in [9.17, 15) is 0 Å². The average Bonchev–Trinajstić information content (AvgIpc) is 2.56. The Hall–Kier alpha value is -1.83. The predicted molar refractivity (Wildman–Crippen MR) is 93.9 cm³/mol. The van der Waals surface area contributed by atoms with Crippen molar-refractivity contribution in [2.24, 2.45) is 5.84 Å². The lowest BCUT2D eigenvalue weighted by atomic mass is 10.0. The molecule has 0 saturated carbocycles. The molecule has 0 fully saturated rings. The van der Waals surface area contributed by atoms with Gasteiger partial charge >= 0.3 is 0 Å². The van der Waals surface area contributed by atoms with Crippen LogP contribution in [-0.2, 0) is 0 Å². The second-order valence-electron chi connectivity index (χ2n) is 4.49. The molecule has 1 aromatic heterocycles. The molecular formula is C15H11Br2N5. The molecule has 0 atom stereocenters. The number of benzene rings is 2. The number of rotatable bonds is 3. The summed E-state index contributed by atoms with van der Waals surface area (Å²) < 4.78 is 2.00. The maximum Gasteiger partial charge on any atom is 0.257 e. The van der Waals surface area contributed by atoms with Crippen LogP contribution in [0, 0.1) is 0 Å². The van der Waals surface area contributed by atoms with Gasteiger partial charge in [-0.3, -0.25) is 5.43 Å². The zero-order valence-electron chi connectivity index (χ0n) is 11.3. The first-order valence-electron chi connectivity index (χ1n) is 6.40. The molecule has 3 N–H and O–H groups in total. The van der Waals surface area contributed by atoms with E-state index in [0.29, 0.717) is 5.69 Å². The Morgan fingerprint density at radius 2 is 1.23 bits per heavy atom. The van der Waals surface area contributed by atoms with Crippen molar-refractivity contribution in [3.8, 4) is 22.5 Å². The summed E-state index contributed by atoms with van der Waals surface area (Å²) in [5, 5.41) is 8.25. The molecule has 0 bridgehead atoms. The van der Waals surface area contributed by atoms with E-state index in [0.717, 1.165) is 25.8 Å². The smallest absolute Gasteiger partial charge is 0.257 e. The molecule has 5 nitrogen and oxygen atoms in total. The summed E-state index contributed by atoms with van der Waals surface area (Å²) in [7, 11) is 0. The number of hydrazine groups is 1. The van der Waals surface area contributed by atoms with E-state index < -0.39 is 0 Å². The number of nitrogens with one attached hydrogen (secondary N) is 1. The first-order valence-corrected chi connectivity index (χ1v) is 7.99. The van der Waals surface area contributed by atoms with Crippen molar-refractivity contribution in [1.82, 2.24) is 15.2 Å². The van der Waals surface area contributed by atoms with Crippen LogP contribution in [-0.4, -0.2) is 15.2 Å². The van der Waals surface area contributed by atoms with Gasteiger partial charge in [0.05, 0.1) is 0 Å². The van der Waals surface area contributed by atoms with Gasteiger partial charge in [-0.05, 0) is 24.3 Å². The van der Waals surface area contributed by atoms with Crippen LogP contribution < -0.4 is 11.3 Å². The summed E-state index contributed by atoms with van der Waals surface area (Å²) in [5.74, 6) is 5.68. The van der Waals surface area contributed by atoms with Crippen molar-refractivity contribution >= 4 is 37.8 Å². The van der Waals surface area contributed by atoms with Crippen LogP contribution in [0.3, 0.4) is 0 Å². The van der Waals surface area contributed by atoms with Crippen molar-refractivity contribution < 1.29 is 0 Å². The van der Waals surface area contributed by atoms with E-state index in [1.54, 1.807) is 0 Å². The minimum atomic E-state index is 0.277. The fourth-order valence-electron chi connectivity index (χ4n) is 2.00. The van der Waals surface area contributed by atoms with Gasteiger partial charge in [-0.1, -0.05) is 56.1 Å². The van der Waals surface area contributed by atoms with E-state index in [4.69, 9.17) is 5.84 Å². The monoisotopic (exact) mass is 419 g/mol. The Labute approximate surface area is 144 Å². The third-order valence-corrected chi connectivity index (χ3v) is 4.11. The summed E-state index contributed by atoms with van der Waals surface area (Å²) in [4.78, 5) is 4.45. The fourth-order valence-corrected chi connectivity index (χ4v) is 2.53.